The van der Waals surface area contributed by atoms with E-state index in [0.29, 0.717) is 0 Å². The zero-order valence-electron chi connectivity index (χ0n) is 7.80. The van der Waals surface area contributed by atoms with Crippen molar-refractivity contribution in [3.63, 3.8) is 0 Å². The molecular weight excluding hydrogens is 265 g/mol. The van der Waals surface area contributed by atoms with Gasteiger partial charge in [0.25, 0.3) is 0 Å². The maximum absolute atomic E-state index is 5.66. The highest BCUT2D eigenvalue weighted by molar-refractivity contribution is 9.10. The third kappa shape index (κ3) is 3.64. The lowest BCUT2D eigenvalue weighted by Crippen LogP contribution is -2.03. The molecule has 0 bridgehead atoms. The van der Waals surface area contributed by atoms with Crippen LogP contribution < -0.4 is 5.32 Å². The van der Waals surface area contributed by atoms with Crippen LogP contribution >= 0.6 is 27.5 Å². The van der Waals surface area contributed by atoms with E-state index in [1.54, 1.807) is 6.20 Å². The molecule has 76 valence electrons. The molecule has 0 aliphatic heterocycles. The Bertz CT molecular complexity index is 328. The third-order valence-electron chi connectivity index (χ3n) is 1.55. The minimum Gasteiger partial charge on any atom is -0.369 e. The molecule has 5 heteroatoms. The lowest BCUT2D eigenvalue weighted by Gasteiger charge is -2.05. The Balaban J connectivity index is 2.53. The summed E-state index contributed by atoms with van der Waals surface area (Å²) in [5, 5.41) is 3.41. The maximum Gasteiger partial charge on any atom is 0.224 e. The number of allylic oxidation sites excluding steroid dienone is 1. The first kappa shape index (κ1) is 11.5. The van der Waals surface area contributed by atoms with E-state index in [9.17, 15) is 0 Å². The Morgan fingerprint density at radius 2 is 2.43 bits per heavy atom. The molecule has 1 aromatic heterocycles. The van der Waals surface area contributed by atoms with Gasteiger partial charge in [-0.2, -0.15) is 4.98 Å². The summed E-state index contributed by atoms with van der Waals surface area (Å²) in [7, 11) is 0. The molecule has 14 heavy (non-hydrogen) atoms. The number of nitrogens with zero attached hydrogens (tertiary/aromatic N) is 2. The SMILES string of the molecule is C/C=C/CCNc1nc(Cl)ncc1Br. The fourth-order valence-electron chi connectivity index (χ4n) is 0.910. The van der Waals surface area contributed by atoms with Crippen molar-refractivity contribution in [1.82, 2.24) is 9.97 Å². The van der Waals surface area contributed by atoms with Crippen molar-refractivity contribution in [1.29, 1.82) is 0 Å². The van der Waals surface area contributed by atoms with Gasteiger partial charge in [0.05, 0.1) is 4.47 Å². The van der Waals surface area contributed by atoms with Crippen LogP contribution in [0.4, 0.5) is 5.82 Å². The molecule has 1 rings (SSSR count). The standard InChI is InChI=1S/C9H11BrClN3/c1-2-3-4-5-12-8-7(10)6-13-9(11)14-8/h2-3,6H,4-5H2,1H3,(H,12,13,14)/b3-2+. The first-order chi connectivity index (χ1) is 6.74. The molecular formula is C9H11BrClN3. The van der Waals surface area contributed by atoms with Crippen LogP contribution in [0.15, 0.2) is 22.8 Å². The summed E-state index contributed by atoms with van der Waals surface area (Å²) >= 11 is 9.00. The molecule has 0 atom stereocenters. The predicted molar refractivity (Wildman–Crippen MR) is 62.7 cm³/mol. The average molecular weight is 277 g/mol. The van der Waals surface area contributed by atoms with Crippen LogP contribution in [0.5, 0.6) is 0 Å². The van der Waals surface area contributed by atoms with Crippen molar-refractivity contribution in [3.8, 4) is 0 Å². The predicted octanol–water partition coefficient (Wildman–Crippen LogP) is 3.27. The number of halogens is 2. The molecule has 0 fully saturated rings. The van der Waals surface area contributed by atoms with Crippen LogP contribution in [0.3, 0.4) is 0 Å². The van der Waals surface area contributed by atoms with Crippen LogP contribution in [-0.2, 0) is 0 Å². The molecule has 0 saturated carbocycles. The summed E-state index contributed by atoms with van der Waals surface area (Å²) in [5.74, 6) is 0.731. The molecule has 0 spiro atoms. The highest BCUT2D eigenvalue weighted by Crippen LogP contribution is 2.19. The second-order valence-electron chi connectivity index (χ2n) is 2.62. The van der Waals surface area contributed by atoms with E-state index in [1.807, 2.05) is 13.0 Å². The molecule has 0 aliphatic carbocycles. The Hall–Kier alpha value is -0.610. The van der Waals surface area contributed by atoms with Gasteiger partial charge >= 0.3 is 0 Å². The molecule has 0 radical (unpaired) electrons. The summed E-state index contributed by atoms with van der Waals surface area (Å²) < 4.78 is 0.822. The number of rotatable bonds is 4. The minimum absolute atomic E-state index is 0.252. The highest BCUT2D eigenvalue weighted by atomic mass is 79.9. The van der Waals surface area contributed by atoms with Crippen LogP contribution in [0.1, 0.15) is 13.3 Å². The molecule has 0 aliphatic rings. The zero-order chi connectivity index (χ0) is 10.4. The molecule has 1 N–H and O–H groups in total. The number of hydrogen-bond donors (Lipinski definition) is 1. The molecule has 1 aromatic rings. The van der Waals surface area contributed by atoms with Gasteiger partial charge in [-0.25, -0.2) is 4.98 Å². The lowest BCUT2D eigenvalue weighted by atomic mass is 10.4. The van der Waals surface area contributed by atoms with Gasteiger partial charge in [-0.05, 0) is 40.9 Å². The summed E-state index contributed by atoms with van der Waals surface area (Å²) in [6.45, 7) is 2.83. The van der Waals surface area contributed by atoms with E-state index < -0.39 is 0 Å². The Morgan fingerprint density at radius 3 is 3.14 bits per heavy atom. The summed E-state index contributed by atoms with van der Waals surface area (Å²) in [5.41, 5.74) is 0. The average Bonchev–Trinajstić information content (AvgIpc) is 2.18. The van der Waals surface area contributed by atoms with E-state index in [1.165, 1.54) is 0 Å². The normalized spacial score (nSPS) is 10.8. The molecule has 0 aromatic carbocycles. The van der Waals surface area contributed by atoms with Crippen molar-refractivity contribution >= 4 is 33.3 Å². The number of nitrogens with one attached hydrogen (secondary N) is 1. The van der Waals surface area contributed by atoms with Crippen molar-refractivity contribution in [2.45, 2.75) is 13.3 Å². The summed E-state index contributed by atoms with van der Waals surface area (Å²) in [6.07, 6.45) is 6.70. The zero-order valence-corrected chi connectivity index (χ0v) is 10.1. The van der Waals surface area contributed by atoms with Crippen LogP contribution in [0.2, 0.25) is 5.28 Å². The van der Waals surface area contributed by atoms with Crippen LogP contribution in [-0.4, -0.2) is 16.5 Å². The van der Waals surface area contributed by atoms with E-state index in [-0.39, 0.29) is 5.28 Å². The molecule has 0 amide bonds. The number of aromatic nitrogens is 2. The van der Waals surface area contributed by atoms with Gasteiger partial charge in [0, 0.05) is 12.7 Å². The smallest absolute Gasteiger partial charge is 0.224 e. The van der Waals surface area contributed by atoms with Crippen molar-refractivity contribution in [3.05, 3.63) is 28.1 Å². The Kier molecular flexibility index (Phi) is 4.90. The quantitative estimate of drug-likeness (QED) is 0.521. The first-order valence-corrected chi connectivity index (χ1v) is 5.44. The van der Waals surface area contributed by atoms with Gasteiger partial charge in [0.15, 0.2) is 0 Å². The fraction of sp³-hybridized carbons (Fsp3) is 0.333. The van der Waals surface area contributed by atoms with Gasteiger partial charge in [-0.3, -0.25) is 0 Å². The maximum atomic E-state index is 5.66. The monoisotopic (exact) mass is 275 g/mol. The fourth-order valence-corrected chi connectivity index (χ4v) is 1.37. The highest BCUT2D eigenvalue weighted by Gasteiger charge is 2.01. The van der Waals surface area contributed by atoms with Crippen molar-refractivity contribution in [2.75, 3.05) is 11.9 Å². The van der Waals surface area contributed by atoms with Crippen molar-refractivity contribution < 1.29 is 0 Å². The first-order valence-electron chi connectivity index (χ1n) is 4.27. The summed E-state index contributed by atoms with van der Waals surface area (Å²) in [6, 6.07) is 0. The minimum atomic E-state index is 0.252. The van der Waals surface area contributed by atoms with Gasteiger partial charge in [-0.15, -0.1) is 0 Å². The van der Waals surface area contributed by atoms with Crippen molar-refractivity contribution in [2.24, 2.45) is 0 Å². The van der Waals surface area contributed by atoms with Crippen LogP contribution in [0.25, 0.3) is 0 Å². The van der Waals surface area contributed by atoms with Gasteiger partial charge in [0.2, 0.25) is 5.28 Å². The third-order valence-corrected chi connectivity index (χ3v) is 2.32. The topological polar surface area (TPSA) is 37.8 Å². The molecule has 1 heterocycles. The van der Waals surface area contributed by atoms with Gasteiger partial charge < -0.3 is 5.32 Å². The van der Waals surface area contributed by atoms with Gasteiger partial charge in [0.1, 0.15) is 5.82 Å². The summed E-state index contributed by atoms with van der Waals surface area (Å²) in [4.78, 5) is 7.88. The van der Waals surface area contributed by atoms with E-state index in [4.69, 9.17) is 11.6 Å². The Labute approximate surface area is 96.7 Å². The van der Waals surface area contributed by atoms with Gasteiger partial charge in [-0.1, -0.05) is 12.2 Å². The molecule has 0 saturated heterocycles. The van der Waals surface area contributed by atoms with E-state index >= 15 is 0 Å². The Morgan fingerprint density at radius 1 is 1.64 bits per heavy atom. The number of anilines is 1. The largest absolute Gasteiger partial charge is 0.369 e. The molecule has 3 nitrogen and oxygen atoms in total. The second kappa shape index (κ2) is 5.98. The van der Waals surface area contributed by atoms with Crippen LogP contribution in [0, 0.1) is 0 Å². The second-order valence-corrected chi connectivity index (χ2v) is 3.81. The lowest BCUT2D eigenvalue weighted by molar-refractivity contribution is 1.03. The number of hydrogen-bond acceptors (Lipinski definition) is 3. The van der Waals surface area contributed by atoms with E-state index in [0.717, 1.165) is 23.3 Å². The van der Waals surface area contributed by atoms with E-state index in [2.05, 4.69) is 37.3 Å². The molecule has 0 unspecified atom stereocenters.